The highest BCUT2D eigenvalue weighted by atomic mass is 32.2. The number of carbonyl (C=O) groups excluding carboxylic acids is 1. The van der Waals surface area contributed by atoms with Crippen molar-refractivity contribution in [3.63, 3.8) is 0 Å². The molecule has 0 spiro atoms. The maximum absolute atomic E-state index is 12.5. The molecule has 10 heteroatoms. The summed E-state index contributed by atoms with van der Waals surface area (Å²) in [6.07, 6.45) is 3.82. The molecule has 2 fully saturated rings. The molecule has 1 atom stereocenters. The molecular weight excluding hydrogens is 424 g/mol. The minimum Gasteiger partial charge on any atom is -0.473 e. The molecule has 1 aromatic carbocycles. The van der Waals surface area contributed by atoms with Crippen LogP contribution in [-0.4, -0.2) is 90.5 Å². The van der Waals surface area contributed by atoms with Crippen LogP contribution in [0.3, 0.4) is 0 Å². The van der Waals surface area contributed by atoms with Gasteiger partial charge in [0.25, 0.3) is 0 Å². The SMILES string of the molecule is CN(CC(=O)N1CCC(Cc2ccccc2)CC1)C1CCS(=O)(=O)C1.O=C(O)C(=O)O. The van der Waals surface area contributed by atoms with E-state index in [0.29, 0.717) is 18.9 Å². The highest BCUT2D eigenvalue weighted by Gasteiger charge is 2.32. The van der Waals surface area contributed by atoms with E-state index in [1.807, 2.05) is 22.9 Å². The van der Waals surface area contributed by atoms with Gasteiger partial charge in [0, 0.05) is 19.1 Å². The zero-order valence-electron chi connectivity index (χ0n) is 17.6. The number of benzene rings is 1. The quantitative estimate of drug-likeness (QED) is 0.623. The van der Waals surface area contributed by atoms with Gasteiger partial charge in [0.1, 0.15) is 0 Å². The number of likely N-dealkylation sites (tertiary alicyclic amines) is 1. The number of hydrogen-bond acceptors (Lipinski definition) is 6. The summed E-state index contributed by atoms with van der Waals surface area (Å²) in [6.45, 7) is 1.95. The number of aliphatic carboxylic acids is 2. The fourth-order valence-corrected chi connectivity index (χ4v) is 5.70. The molecule has 2 N–H and O–H groups in total. The van der Waals surface area contributed by atoms with E-state index < -0.39 is 21.8 Å². The zero-order chi connectivity index (χ0) is 23.0. The van der Waals surface area contributed by atoms with Gasteiger partial charge in [0.2, 0.25) is 5.91 Å². The van der Waals surface area contributed by atoms with Crippen LogP contribution in [0.2, 0.25) is 0 Å². The first-order chi connectivity index (χ1) is 14.6. The second-order valence-electron chi connectivity index (χ2n) is 8.10. The van der Waals surface area contributed by atoms with Crippen LogP contribution in [0.1, 0.15) is 24.8 Å². The first-order valence-electron chi connectivity index (χ1n) is 10.3. The third-order valence-electron chi connectivity index (χ3n) is 5.73. The number of nitrogens with zero attached hydrogens (tertiary/aromatic N) is 2. The smallest absolute Gasteiger partial charge is 0.414 e. The molecule has 2 saturated heterocycles. The maximum Gasteiger partial charge on any atom is 0.414 e. The van der Waals surface area contributed by atoms with Crippen LogP contribution in [0, 0.1) is 5.92 Å². The van der Waals surface area contributed by atoms with E-state index in [0.717, 1.165) is 32.4 Å². The van der Waals surface area contributed by atoms with Crippen molar-refractivity contribution in [2.24, 2.45) is 5.92 Å². The predicted molar refractivity (Wildman–Crippen MR) is 114 cm³/mol. The summed E-state index contributed by atoms with van der Waals surface area (Å²) in [5, 5.41) is 14.8. The topological polar surface area (TPSA) is 132 Å². The van der Waals surface area contributed by atoms with Crippen LogP contribution in [0.15, 0.2) is 30.3 Å². The molecule has 9 nitrogen and oxygen atoms in total. The van der Waals surface area contributed by atoms with Gasteiger partial charge in [-0.3, -0.25) is 9.69 Å². The lowest BCUT2D eigenvalue weighted by atomic mass is 9.90. The van der Waals surface area contributed by atoms with Crippen LogP contribution in [0.4, 0.5) is 0 Å². The van der Waals surface area contributed by atoms with Gasteiger partial charge in [0.15, 0.2) is 9.84 Å². The number of hydrogen-bond donors (Lipinski definition) is 2. The molecule has 0 bridgehead atoms. The van der Waals surface area contributed by atoms with Crippen molar-refractivity contribution in [1.82, 2.24) is 9.80 Å². The number of sulfone groups is 1. The number of carboxylic acids is 2. The summed E-state index contributed by atoms with van der Waals surface area (Å²) in [6, 6.07) is 10.5. The Bertz CT molecular complexity index is 853. The van der Waals surface area contributed by atoms with E-state index >= 15 is 0 Å². The lowest BCUT2D eigenvalue weighted by Gasteiger charge is -2.34. The summed E-state index contributed by atoms with van der Waals surface area (Å²) in [7, 11) is -1.04. The molecule has 2 aliphatic heterocycles. The molecular formula is C21H30N2O7S. The Kier molecular flexibility index (Phi) is 9.00. The lowest BCUT2D eigenvalue weighted by Crippen LogP contribution is -2.46. The molecule has 2 heterocycles. The second kappa shape index (κ2) is 11.2. The third-order valence-corrected chi connectivity index (χ3v) is 7.48. The molecule has 1 amide bonds. The minimum atomic E-state index is -2.90. The Morgan fingerprint density at radius 2 is 1.61 bits per heavy atom. The molecule has 2 aliphatic rings. The van der Waals surface area contributed by atoms with E-state index in [4.69, 9.17) is 19.8 Å². The zero-order valence-corrected chi connectivity index (χ0v) is 18.5. The summed E-state index contributed by atoms with van der Waals surface area (Å²) >= 11 is 0. The fourth-order valence-electron chi connectivity index (χ4n) is 3.90. The van der Waals surface area contributed by atoms with Crippen molar-refractivity contribution >= 4 is 27.7 Å². The minimum absolute atomic E-state index is 0.00966. The van der Waals surface area contributed by atoms with E-state index in [2.05, 4.69) is 24.3 Å². The van der Waals surface area contributed by atoms with E-state index in [-0.39, 0.29) is 23.5 Å². The highest BCUT2D eigenvalue weighted by Crippen LogP contribution is 2.22. The summed E-state index contributed by atoms with van der Waals surface area (Å²) in [5.41, 5.74) is 1.37. The van der Waals surface area contributed by atoms with E-state index in [1.54, 1.807) is 0 Å². The molecule has 31 heavy (non-hydrogen) atoms. The highest BCUT2D eigenvalue weighted by molar-refractivity contribution is 7.91. The molecule has 1 unspecified atom stereocenters. The number of carbonyl (C=O) groups is 3. The summed E-state index contributed by atoms with van der Waals surface area (Å²) < 4.78 is 23.2. The molecule has 0 radical (unpaired) electrons. The Morgan fingerprint density at radius 1 is 1.03 bits per heavy atom. The predicted octanol–water partition coefficient (Wildman–Crippen LogP) is 0.742. The normalized spacial score (nSPS) is 20.7. The van der Waals surface area contributed by atoms with Gasteiger partial charge >= 0.3 is 11.9 Å². The first kappa shape index (κ1) is 24.8. The van der Waals surface area contributed by atoms with Crippen molar-refractivity contribution in [1.29, 1.82) is 0 Å². The molecule has 0 aliphatic carbocycles. The van der Waals surface area contributed by atoms with Gasteiger partial charge in [-0.2, -0.15) is 0 Å². The maximum atomic E-state index is 12.5. The van der Waals surface area contributed by atoms with Gasteiger partial charge in [-0.25, -0.2) is 18.0 Å². The van der Waals surface area contributed by atoms with Gasteiger partial charge in [-0.05, 0) is 44.2 Å². The average Bonchev–Trinajstić information content (AvgIpc) is 3.09. The van der Waals surface area contributed by atoms with Gasteiger partial charge < -0.3 is 15.1 Å². The lowest BCUT2D eigenvalue weighted by molar-refractivity contribution is -0.159. The number of rotatable bonds is 5. The monoisotopic (exact) mass is 454 g/mol. The summed E-state index contributed by atoms with van der Waals surface area (Å²) in [4.78, 5) is 34.6. The fraction of sp³-hybridized carbons (Fsp3) is 0.571. The second-order valence-corrected chi connectivity index (χ2v) is 10.3. The van der Waals surface area contributed by atoms with Crippen LogP contribution >= 0.6 is 0 Å². The molecule has 0 saturated carbocycles. The van der Waals surface area contributed by atoms with Gasteiger partial charge in [-0.1, -0.05) is 30.3 Å². The summed E-state index contributed by atoms with van der Waals surface area (Å²) in [5.74, 6) is -2.43. The van der Waals surface area contributed by atoms with Crippen LogP contribution < -0.4 is 0 Å². The third kappa shape index (κ3) is 8.29. The van der Waals surface area contributed by atoms with Crippen molar-refractivity contribution < 1.29 is 33.0 Å². The van der Waals surface area contributed by atoms with Crippen LogP contribution in [-0.2, 0) is 30.6 Å². The van der Waals surface area contributed by atoms with Crippen LogP contribution in [0.5, 0.6) is 0 Å². The van der Waals surface area contributed by atoms with Crippen molar-refractivity contribution in [3.8, 4) is 0 Å². The molecule has 172 valence electrons. The Hall–Kier alpha value is -2.46. The number of likely N-dealkylation sites (N-methyl/N-ethyl adjacent to an activating group) is 1. The van der Waals surface area contributed by atoms with Crippen molar-refractivity contribution in [3.05, 3.63) is 35.9 Å². The first-order valence-corrected chi connectivity index (χ1v) is 12.1. The van der Waals surface area contributed by atoms with E-state index in [1.165, 1.54) is 5.56 Å². The number of piperidine rings is 1. The molecule has 0 aromatic heterocycles. The standard InChI is InChI=1S/C19H28N2O3S.C2H2O4/c1-20(18-9-12-25(23,24)15-18)14-19(22)21-10-7-17(8-11-21)13-16-5-3-2-4-6-16;3-1(4)2(5)6/h2-6,17-18H,7-15H2,1H3;(H,3,4)(H,5,6). The molecule has 3 rings (SSSR count). The van der Waals surface area contributed by atoms with Crippen molar-refractivity contribution in [2.45, 2.75) is 31.7 Å². The average molecular weight is 455 g/mol. The largest absolute Gasteiger partial charge is 0.473 e. The molecule has 1 aromatic rings. The Morgan fingerprint density at radius 3 is 2.10 bits per heavy atom. The van der Waals surface area contributed by atoms with E-state index in [9.17, 15) is 13.2 Å². The number of carboxylic acid groups (broad SMARTS) is 2. The van der Waals surface area contributed by atoms with Crippen molar-refractivity contribution in [2.75, 3.05) is 38.2 Å². The Balaban J connectivity index is 0.000000501. The van der Waals surface area contributed by atoms with Gasteiger partial charge in [-0.15, -0.1) is 0 Å². The Labute approximate surface area is 182 Å². The number of amides is 1. The van der Waals surface area contributed by atoms with Crippen LogP contribution in [0.25, 0.3) is 0 Å². The van der Waals surface area contributed by atoms with Gasteiger partial charge in [0.05, 0.1) is 18.1 Å².